The minimum Gasteiger partial charge on any atom is -0.374 e. The van der Waals surface area contributed by atoms with Gasteiger partial charge in [-0.15, -0.1) is 0 Å². The van der Waals surface area contributed by atoms with E-state index in [0.29, 0.717) is 0 Å². The molecule has 0 aliphatic rings. The van der Waals surface area contributed by atoms with E-state index in [0.717, 1.165) is 17.7 Å². The molecule has 0 amide bonds. The summed E-state index contributed by atoms with van der Waals surface area (Å²) in [6.07, 6.45) is 0. The lowest BCUT2D eigenvalue weighted by Crippen LogP contribution is -2.29. The molecule has 0 bridgehead atoms. The Morgan fingerprint density at radius 1 is 1.31 bits per heavy atom. The van der Waals surface area contributed by atoms with Gasteiger partial charge < -0.3 is 4.90 Å². The Labute approximate surface area is 98.5 Å². The molecule has 0 heterocycles. The zero-order valence-electron chi connectivity index (χ0n) is 10.8. The Bertz CT molecular complexity index is 408. The molecule has 0 saturated heterocycles. The molecule has 0 N–H and O–H groups in total. The lowest BCUT2D eigenvalue weighted by atomic mass is 9.95. The minimum absolute atomic E-state index is 0.273. The quantitative estimate of drug-likeness (QED) is 0.758. The molecule has 1 rings (SSSR count). The van der Waals surface area contributed by atoms with Gasteiger partial charge in [0.05, 0.1) is 11.6 Å². The smallest absolute Gasteiger partial charge is 0.0991 e. The van der Waals surface area contributed by atoms with E-state index in [1.807, 2.05) is 18.2 Å². The standard InChI is InChI=1S/C14H20N2/c1-11-8-12(9-15)6-7-13(11)16(5)10-14(2,3)4/h6-8H,10H2,1-5H3. The van der Waals surface area contributed by atoms with Crippen molar-refractivity contribution in [1.82, 2.24) is 0 Å². The van der Waals surface area contributed by atoms with Gasteiger partial charge in [0.25, 0.3) is 0 Å². The highest BCUT2D eigenvalue weighted by Crippen LogP contribution is 2.24. The van der Waals surface area contributed by atoms with E-state index in [2.05, 4.69) is 45.7 Å². The molecule has 1 aromatic carbocycles. The average Bonchev–Trinajstić information content (AvgIpc) is 2.14. The van der Waals surface area contributed by atoms with Crippen LogP contribution in [0, 0.1) is 23.7 Å². The van der Waals surface area contributed by atoms with E-state index in [1.165, 1.54) is 5.69 Å². The first-order chi connectivity index (χ1) is 7.33. The van der Waals surface area contributed by atoms with Crippen LogP contribution in [-0.2, 0) is 0 Å². The van der Waals surface area contributed by atoms with Gasteiger partial charge in [-0.25, -0.2) is 0 Å². The highest BCUT2D eigenvalue weighted by molar-refractivity contribution is 5.55. The second kappa shape index (κ2) is 4.57. The van der Waals surface area contributed by atoms with Gasteiger partial charge in [0.2, 0.25) is 0 Å². The minimum atomic E-state index is 0.273. The molecular formula is C14H20N2. The zero-order chi connectivity index (χ0) is 12.3. The number of rotatable bonds is 2. The molecule has 2 nitrogen and oxygen atoms in total. The monoisotopic (exact) mass is 216 g/mol. The molecule has 0 aliphatic carbocycles. The van der Waals surface area contributed by atoms with Crippen molar-refractivity contribution >= 4 is 5.69 Å². The molecule has 0 aliphatic heterocycles. The molecule has 0 radical (unpaired) electrons. The summed E-state index contributed by atoms with van der Waals surface area (Å²) in [6, 6.07) is 8.01. The summed E-state index contributed by atoms with van der Waals surface area (Å²) in [5, 5.41) is 8.81. The van der Waals surface area contributed by atoms with E-state index >= 15 is 0 Å². The Morgan fingerprint density at radius 2 is 1.94 bits per heavy atom. The Kier molecular flexibility index (Phi) is 3.59. The topological polar surface area (TPSA) is 27.0 Å². The summed E-state index contributed by atoms with van der Waals surface area (Å²) in [4.78, 5) is 2.25. The first kappa shape index (κ1) is 12.6. The van der Waals surface area contributed by atoms with Crippen molar-refractivity contribution in [2.75, 3.05) is 18.5 Å². The van der Waals surface area contributed by atoms with Gasteiger partial charge in [-0.3, -0.25) is 0 Å². The van der Waals surface area contributed by atoms with E-state index in [1.54, 1.807) is 0 Å². The van der Waals surface area contributed by atoms with Crippen LogP contribution in [0.1, 0.15) is 31.9 Å². The maximum atomic E-state index is 8.81. The number of anilines is 1. The van der Waals surface area contributed by atoms with Crippen LogP contribution in [0.5, 0.6) is 0 Å². The van der Waals surface area contributed by atoms with Gasteiger partial charge in [0.15, 0.2) is 0 Å². The van der Waals surface area contributed by atoms with E-state index < -0.39 is 0 Å². The third-order valence-electron chi connectivity index (χ3n) is 2.45. The highest BCUT2D eigenvalue weighted by atomic mass is 15.1. The summed E-state index contributed by atoms with van der Waals surface area (Å²) < 4.78 is 0. The normalized spacial score (nSPS) is 11.0. The Hall–Kier alpha value is -1.49. The molecule has 0 atom stereocenters. The Balaban J connectivity index is 2.93. The van der Waals surface area contributed by atoms with Crippen LogP contribution in [0.2, 0.25) is 0 Å². The summed E-state index contributed by atoms with van der Waals surface area (Å²) >= 11 is 0. The number of hydrogen-bond donors (Lipinski definition) is 0. The van der Waals surface area contributed by atoms with Gasteiger partial charge in [-0.1, -0.05) is 20.8 Å². The summed E-state index contributed by atoms with van der Waals surface area (Å²) in [7, 11) is 2.10. The van der Waals surface area contributed by atoms with Gasteiger partial charge in [0.1, 0.15) is 0 Å². The molecule has 0 spiro atoms. The van der Waals surface area contributed by atoms with Crippen molar-refractivity contribution < 1.29 is 0 Å². The molecule has 0 unspecified atom stereocenters. The van der Waals surface area contributed by atoms with E-state index in [-0.39, 0.29) is 5.41 Å². The highest BCUT2D eigenvalue weighted by Gasteiger charge is 2.15. The largest absolute Gasteiger partial charge is 0.374 e. The Morgan fingerprint density at radius 3 is 2.38 bits per heavy atom. The molecule has 0 aromatic heterocycles. The second-order valence-corrected chi connectivity index (χ2v) is 5.53. The predicted molar refractivity (Wildman–Crippen MR) is 68.6 cm³/mol. The number of nitriles is 1. The number of nitrogens with zero attached hydrogens (tertiary/aromatic N) is 2. The lowest BCUT2D eigenvalue weighted by Gasteiger charge is -2.29. The van der Waals surface area contributed by atoms with Crippen LogP contribution >= 0.6 is 0 Å². The fraction of sp³-hybridized carbons (Fsp3) is 0.500. The van der Waals surface area contributed by atoms with Crippen molar-refractivity contribution in [3.63, 3.8) is 0 Å². The van der Waals surface area contributed by atoms with Crippen molar-refractivity contribution in [1.29, 1.82) is 5.26 Å². The van der Waals surface area contributed by atoms with Crippen molar-refractivity contribution in [3.05, 3.63) is 29.3 Å². The molecule has 1 aromatic rings. The zero-order valence-corrected chi connectivity index (χ0v) is 10.8. The van der Waals surface area contributed by atoms with Crippen LogP contribution in [0.15, 0.2) is 18.2 Å². The maximum Gasteiger partial charge on any atom is 0.0991 e. The van der Waals surface area contributed by atoms with Gasteiger partial charge in [-0.05, 0) is 36.1 Å². The average molecular weight is 216 g/mol. The molecule has 0 saturated carbocycles. The fourth-order valence-electron chi connectivity index (χ4n) is 1.95. The van der Waals surface area contributed by atoms with Gasteiger partial charge in [-0.2, -0.15) is 5.26 Å². The first-order valence-corrected chi connectivity index (χ1v) is 5.55. The van der Waals surface area contributed by atoms with Gasteiger partial charge >= 0.3 is 0 Å². The third-order valence-corrected chi connectivity index (χ3v) is 2.45. The van der Waals surface area contributed by atoms with Crippen molar-refractivity contribution in [2.45, 2.75) is 27.7 Å². The first-order valence-electron chi connectivity index (χ1n) is 5.55. The van der Waals surface area contributed by atoms with E-state index in [9.17, 15) is 0 Å². The van der Waals surface area contributed by atoms with Gasteiger partial charge in [0, 0.05) is 19.3 Å². The van der Waals surface area contributed by atoms with Crippen LogP contribution in [0.3, 0.4) is 0 Å². The molecule has 16 heavy (non-hydrogen) atoms. The maximum absolute atomic E-state index is 8.81. The number of aryl methyl sites for hydroxylation is 1. The molecule has 86 valence electrons. The van der Waals surface area contributed by atoms with Crippen molar-refractivity contribution in [3.8, 4) is 6.07 Å². The number of benzene rings is 1. The SMILES string of the molecule is Cc1cc(C#N)ccc1N(C)CC(C)(C)C. The van der Waals surface area contributed by atoms with Crippen LogP contribution < -0.4 is 4.90 Å². The third kappa shape index (κ3) is 3.27. The second-order valence-electron chi connectivity index (χ2n) is 5.53. The van der Waals surface area contributed by atoms with Crippen LogP contribution in [0.25, 0.3) is 0 Å². The van der Waals surface area contributed by atoms with Crippen LogP contribution in [-0.4, -0.2) is 13.6 Å². The summed E-state index contributed by atoms with van der Waals surface area (Å²) in [6.45, 7) is 9.72. The van der Waals surface area contributed by atoms with Crippen molar-refractivity contribution in [2.24, 2.45) is 5.41 Å². The molecule has 0 fully saturated rings. The summed E-state index contributed by atoms with van der Waals surface area (Å²) in [5.41, 5.74) is 3.36. The predicted octanol–water partition coefficient (Wildman–Crippen LogP) is 3.35. The number of hydrogen-bond acceptors (Lipinski definition) is 2. The molecule has 2 heteroatoms. The van der Waals surface area contributed by atoms with Crippen LogP contribution in [0.4, 0.5) is 5.69 Å². The fourth-order valence-corrected chi connectivity index (χ4v) is 1.95. The molecular weight excluding hydrogens is 196 g/mol. The van der Waals surface area contributed by atoms with E-state index in [4.69, 9.17) is 5.26 Å². The summed E-state index contributed by atoms with van der Waals surface area (Å²) in [5.74, 6) is 0. The lowest BCUT2D eigenvalue weighted by molar-refractivity contribution is 0.419.